The lowest BCUT2D eigenvalue weighted by atomic mass is 10.1. The Kier molecular flexibility index (Phi) is 6.81. The van der Waals surface area contributed by atoms with Crippen molar-refractivity contribution in [1.29, 1.82) is 0 Å². The Morgan fingerprint density at radius 2 is 1.89 bits per heavy atom. The number of anilines is 2. The molecule has 0 saturated heterocycles. The van der Waals surface area contributed by atoms with Crippen LogP contribution in [-0.2, 0) is 11.0 Å². The van der Waals surface area contributed by atoms with Gasteiger partial charge in [0.1, 0.15) is 5.82 Å². The van der Waals surface area contributed by atoms with Crippen LogP contribution in [0.15, 0.2) is 31.0 Å². The number of rotatable bonds is 6. The van der Waals surface area contributed by atoms with Gasteiger partial charge in [-0.2, -0.15) is 13.2 Å². The molecule has 0 aliphatic rings. The average molecular weight is 442 g/mol. The van der Waals surface area contributed by atoms with Gasteiger partial charge in [-0.05, 0) is 12.1 Å². The van der Waals surface area contributed by atoms with E-state index >= 15 is 0 Å². The third-order valence-corrected chi connectivity index (χ3v) is 3.75. The number of aromatic nitrogens is 1. The molecule has 0 aliphatic heterocycles. The fourth-order valence-corrected chi connectivity index (χ4v) is 2.33. The molecular weight excluding hydrogens is 432 g/mol. The van der Waals surface area contributed by atoms with E-state index in [0.29, 0.717) is 12.3 Å². The van der Waals surface area contributed by atoms with E-state index in [2.05, 4.69) is 16.9 Å². The van der Waals surface area contributed by atoms with Crippen molar-refractivity contribution in [3.63, 3.8) is 0 Å². The Hall–Kier alpha value is -2.43. The van der Waals surface area contributed by atoms with Gasteiger partial charge in [-0.15, -0.1) is 6.58 Å². The second-order valence-electron chi connectivity index (χ2n) is 5.12. The number of hydrogen-bond acceptors (Lipinski definition) is 4. The number of nitrogens with one attached hydrogen (secondary N) is 2. The van der Waals surface area contributed by atoms with Gasteiger partial charge in [-0.1, -0.05) is 29.3 Å². The number of halogens is 7. The molecule has 5 nitrogen and oxygen atoms in total. The van der Waals surface area contributed by atoms with Crippen LogP contribution in [-0.4, -0.2) is 17.5 Å². The summed E-state index contributed by atoms with van der Waals surface area (Å²) >= 11 is 11.3. The fraction of sp³-hybridized carbons (Fsp3) is 0.125. The zero-order valence-corrected chi connectivity index (χ0v) is 15.1. The Bertz CT molecular complexity index is 922. The second-order valence-corrected chi connectivity index (χ2v) is 5.93. The molecule has 0 aliphatic carbocycles. The van der Waals surface area contributed by atoms with Crippen molar-refractivity contribution >= 4 is 40.6 Å². The lowest BCUT2D eigenvalue weighted by molar-refractivity contribution is -0.137. The molecule has 12 heteroatoms. The molecule has 1 amide bonds. The minimum Gasteiger partial charge on any atom is -0.336 e. The molecule has 1 heterocycles. The Morgan fingerprint density at radius 3 is 2.46 bits per heavy atom. The van der Waals surface area contributed by atoms with E-state index < -0.39 is 56.4 Å². The van der Waals surface area contributed by atoms with Crippen molar-refractivity contribution in [2.75, 3.05) is 11.9 Å². The van der Waals surface area contributed by atoms with Crippen LogP contribution < -0.4 is 10.8 Å². The molecule has 0 fully saturated rings. The van der Waals surface area contributed by atoms with E-state index in [1.807, 2.05) is 5.48 Å². The van der Waals surface area contributed by atoms with Crippen molar-refractivity contribution in [1.82, 2.24) is 10.5 Å². The second kappa shape index (κ2) is 8.72. The first-order chi connectivity index (χ1) is 13.1. The Morgan fingerprint density at radius 1 is 1.21 bits per heavy atom. The molecule has 0 spiro atoms. The summed E-state index contributed by atoms with van der Waals surface area (Å²) in [6.45, 7) is 3.27. The number of alkyl halides is 3. The summed E-state index contributed by atoms with van der Waals surface area (Å²) < 4.78 is 66.3. The minimum atomic E-state index is -4.71. The van der Waals surface area contributed by atoms with Gasteiger partial charge in [-0.3, -0.25) is 9.63 Å². The highest BCUT2D eigenvalue weighted by atomic mass is 35.5. The molecule has 0 bridgehead atoms. The number of hydroxylamine groups is 1. The van der Waals surface area contributed by atoms with E-state index in [0.717, 1.165) is 6.07 Å². The maximum Gasteiger partial charge on any atom is 0.417 e. The molecule has 150 valence electrons. The predicted molar refractivity (Wildman–Crippen MR) is 92.5 cm³/mol. The van der Waals surface area contributed by atoms with Crippen LogP contribution in [0.3, 0.4) is 0 Å². The first-order valence-corrected chi connectivity index (χ1v) is 8.02. The maximum absolute atomic E-state index is 14.3. The first-order valence-electron chi connectivity index (χ1n) is 7.26. The molecule has 28 heavy (non-hydrogen) atoms. The third kappa shape index (κ3) is 4.89. The van der Waals surface area contributed by atoms with Gasteiger partial charge >= 0.3 is 6.18 Å². The number of carbonyl (C=O) groups is 1. The first kappa shape index (κ1) is 21.9. The van der Waals surface area contributed by atoms with Gasteiger partial charge < -0.3 is 5.32 Å². The molecule has 1 aromatic carbocycles. The van der Waals surface area contributed by atoms with E-state index in [4.69, 9.17) is 28.0 Å². The minimum absolute atomic E-state index is 0.0851. The summed E-state index contributed by atoms with van der Waals surface area (Å²) in [6, 6.07) is 1.33. The van der Waals surface area contributed by atoms with Crippen LogP contribution in [0, 0.1) is 11.6 Å². The lowest BCUT2D eigenvalue weighted by Crippen LogP contribution is -2.25. The number of nitrogens with zero attached hydrogens (tertiary/aromatic N) is 1. The standard InChI is InChI=1S/C16H10Cl2F5N3O2/c1-2-3-28-26-15(27)8-5-9(17)11(19)12(20)13(8)25-14-10(18)4-7(6-24-14)16(21,22)23/h2,4-6H,1,3H2,(H,24,25)(H,26,27). The van der Waals surface area contributed by atoms with Gasteiger partial charge in [-0.25, -0.2) is 19.2 Å². The molecule has 2 N–H and O–H groups in total. The van der Waals surface area contributed by atoms with E-state index in [1.165, 1.54) is 6.08 Å². The van der Waals surface area contributed by atoms with Crippen LogP contribution in [0.25, 0.3) is 0 Å². The highest BCUT2D eigenvalue weighted by Gasteiger charge is 2.32. The van der Waals surface area contributed by atoms with Crippen molar-refractivity contribution in [2.24, 2.45) is 0 Å². The number of benzene rings is 1. The van der Waals surface area contributed by atoms with Crippen molar-refractivity contribution in [3.8, 4) is 0 Å². The van der Waals surface area contributed by atoms with Gasteiger partial charge in [0.2, 0.25) is 0 Å². The van der Waals surface area contributed by atoms with E-state index in [-0.39, 0.29) is 6.61 Å². The molecular formula is C16H10Cl2F5N3O2. The number of hydrogen-bond donors (Lipinski definition) is 2. The number of pyridine rings is 1. The fourth-order valence-electron chi connectivity index (χ4n) is 1.92. The molecule has 0 radical (unpaired) electrons. The Balaban J connectivity index is 2.45. The highest BCUT2D eigenvalue weighted by Crippen LogP contribution is 2.35. The summed E-state index contributed by atoms with van der Waals surface area (Å²) in [5.74, 6) is -4.53. The SMILES string of the molecule is C=CCONC(=O)c1cc(Cl)c(F)c(F)c1Nc1ncc(C(F)(F)F)cc1Cl. The zero-order valence-electron chi connectivity index (χ0n) is 13.6. The van der Waals surface area contributed by atoms with Gasteiger partial charge in [0.05, 0.1) is 33.5 Å². The molecule has 0 atom stereocenters. The highest BCUT2D eigenvalue weighted by molar-refractivity contribution is 6.33. The van der Waals surface area contributed by atoms with Crippen LogP contribution in [0.4, 0.5) is 33.5 Å². The quantitative estimate of drug-likeness (QED) is 0.210. The van der Waals surface area contributed by atoms with Crippen LogP contribution >= 0.6 is 23.2 Å². The van der Waals surface area contributed by atoms with Crippen LogP contribution in [0.1, 0.15) is 15.9 Å². The smallest absolute Gasteiger partial charge is 0.336 e. The predicted octanol–water partition coefficient (Wildman–Crippen LogP) is 5.28. The summed E-state index contributed by atoms with van der Waals surface area (Å²) in [5.41, 5.74) is -0.470. The van der Waals surface area contributed by atoms with Crippen molar-refractivity contribution in [3.05, 3.63) is 63.8 Å². The summed E-state index contributed by atoms with van der Waals surface area (Å²) in [4.78, 5) is 20.3. The zero-order chi connectivity index (χ0) is 21.1. The normalized spacial score (nSPS) is 11.2. The van der Waals surface area contributed by atoms with Crippen LogP contribution in [0.5, 0.6) is 0 Å². The van der Waals surface area contributed by atoms with Crippen LogP contribution in [0.2, 0.25) is 10.0 Å². The largest absolute Gasteiger partial charge is 0.417 e. The van der Waals surface area contributed by atoms with E-state index in [1.54, 1.807) is 0 Å². The number of carbonyl (C=O) groups excluding carboxylic acids is 1. The average Bonchev–Trinajstić information content (AvgIpc) is 2.62. The Labute approximate surface area is 165 Å². The van der Waals surface area contributed by atoms with E-state index in [9.17, 15) is 26.7 Å². The molecule has 2 aromatic rings. The summed E-state index contributed by atoms with van der Waals surface area (Å²) in [5, 5.41) is 0.959. The summed E-state index contributed by atoms with van der Waals surface area (Å²) in [7, 11) is 0. The van der Waals surface area contributed by atoms with Crippen molar-refractivity contribution < 1.29 is 31.6 Å². The molecule has 2 rings (SSSR count). The van der Waals surface area contributed by atoms with Gasteiger partial charge in [0, 0.05) is 6.20 Å². The molecule has 0 saturated carbocycles. The molecule has 1 aromatic heterocycles. The lowest BCUT2D eigenvalue weighted by Gasteiger charge is -2.15. The number of amides is 1. The monoisotopic (exact) mass is 441 g/mol. The van der Waals surface area contributed by atoms with Crippen molar-refractivity contribution in [2.45, 2.75) is 6.18 Å². The van der Waals surface area contributed by atoms with Gasteiger partial charge in [0.25, 0.3) is 5.91 Å². The van der Waals surface area contributed by atoms with Gasteiger partial charge in [0.15, 0.2) is 11.6 Å². The summed E-state index contributed by atoms with van der Waals surface area (Å²) in [6.07, 6.45) is -2.96. The molecule has 0 unspecified atom stereocenters. The third-order valence-electron chi connectivity index (χ3n) is 3.18. The maximum atomic E-state index is 14.3. The topological polar surface area (TPSA) is 63.2 Å².